The summed E-state index contributed by atoms with van der Waals surface area (Å²) in [5.74, 6) is 5.54. The van der Waals surface area contributed by atoms with Gasteiger partial charge in [0.15, 0.2) is 0 Å². The summed E-state index contributed by atoms with van der Waals surface area (Å²) < 4.78 is 0. The van der Waals surface area contributed by atoms with Gasteiger partial charge in [0, 0.05) is 11.6 Å². The number of carbonyl (C=O) groups is 1. The molecule has 4 nitrogen and oxygen atoms in total. The molecule has 1 aromatic heterocycles. The van der Waals surface area contributed by atoms with Gasteiger partial charge in [0.05, 0.1) is 19.5 Å². The number of thiazole rings is 1. The molecule has 0 unspecified atom stereocenters. The van der Waals surface area contributed by atoms with Gasteiger partial charge in [0.1, 0.15) is 5.01 Å². The molecule has 1 heterocycles. The van der Waals surface area contributed by atoms with Crippen LogP contribution in [0.3, 0.4) is 0 Å². The van der Waals surface area contributed by atoms with E-state index in [9.17, 15) is 4.79 Å². The molecule has 0 saturated heterocycles. The summed E-state index contributed by atoms with van der Waals surface area (Å²) >= 11 is 1.57. The highest BCUT2D eigenvalue weighted by molar-refractivity contribution is 7.09. The molecule has 14 heavy (non-hydrogen) atoms. The molecule has 0 bridgehead atoms. The van der Waals surface area contributed by atoms with Crippen LogP contribution < -0.4 is 11.1 Å². The first-order valence-electron chi connectivity index (χ1n) is 4.14. The van der Waals surface area contributed by atoms with E-state index >= 15 is 0 Å². The molecule has 5 heteroatoms. The molecule has 0 atom stereocenters. The van der Waals surface area contributed by atoms with Gasteiger partial charge in [-0.1, -0.05) is 11.8 Å². The first kappa shape index (κ1) is 10.7. The van der Waals surface area contributed by atoms with Crippen molar-refractivity contribution in [3.8, 4) is 11.8 Å². The minimum absolute atomic E-state index is 0.00810. The molecule has 3 N–H and O–H groups in total. The van der Waals surface area contributed by atoms with Gasteiger partial charge < -0.3 is 11.1 Å². The number of carbonyl (C=O) groups excluding carboxylic acids is 1. The molecule has 1 aromatic rings. The van der Waals surface area contributed by atoms with Crippen LogP contribution in [0.15, 0.2) is 11.6 Å². The Kier molecular flexibility index (Phi) is 4.69. The minimum atomic E-state index is -0.187. The molecule has 0 aliphatic carbocycles. The van der Waals surface area contributed by atoms with Crippen LogP contribution in [0.1, 0.15) is 5.01 Å². The molecule has 1 rings (SSSR count). The van der Waals surface area contributed by atoms with E-state index in [0.717, 1.165) is 5.01 Å². The van der Waals surface area contributed by atoms with Gasteiger partial charge in [-0.3, -0.25) is 4.79 Å². The van der Waals surface area contributed by atoms with E-state index in [1.807, 2.05) is 5.38 Å². The highest BCUT2D eigenvalue weighted by Gasteiger charge is 1.92. The summed E-state index contributed by atoms with van der Waals surface area (Å²) in [5, 5.41) is 5.46. The van der Waals surface area contributed by atoms with E-state index in [2.05, 4.69) is 22.1 Å². The van der Waals surface area contributed by atoms with Crippen LogP contribution in [0.4, 0.5) is 0 Å². The molecule has 0 saturated carbocycles. The van der Waals surface area contributed by atoms with E-state index in [0.29, 0.717) is 13.0 Å². The third-order valence-electron chi connectivity index (χ3n) is 1.41. The number of aromatic nitrogens is 1. The predicted molar refractivity (Wildman–Crippen MR) is 55.7 cm³/mol. The number of hydrogen-bond donors (Lipinski definition) is 2. The van der Waals surface area contributed by atoms with Gasteiger partial charge in [-0.25, -0.2) is 4.98 Å². The van der Waals surface area contributed by atoms with Gasteiger partial charge in [-0.15, -0.1) is 11.3 Å². The van der Waals surface area contributed by atoms with Gasteiger partial charge in [-0.05, 0) is 0 Å². The molecule has 0 fully saturated rings. The summed E-state index contributed by atoms with van der Waals surface area (Å²) in [4.78, 5) is 14.8. The fraction of sp³-hybridized carbons (Fsp3) is 0.333. The number of rotatable bonds is 3. The summed E-state index contributed by atoms with van der Waals surface area (Å²) in [6.07, 6.45) is 2.38. The minimum Gasteiger partial charge on any atom is -0.344 e. The Hall–Kier alpha value is -1.38. The van der Waals surface area contributed by atoms with E-state index in [-0.39, 0.29) is 12.5 Å². The van der Waals surface area contributed by atoms with Crippen molar-refractivity contribution in [1.82, 2.24) is 10.3 Å². The topological polar surface area (TPSA) is 68.0 Å². The Morgan fingerprint density at radius 2 is 2.50 bits per heavy atom. The normalized spacial score (nSPS) is 8.93. The molecule has 0 aromatic carbocycles. The Labute approximate surface area is 86.5 Å². The van der Waals surface area contributed by atoms with E-state index < -0.39 is 0 Å². The maximum atomic E-state index is 10.7. The molecule has 0 radical (unpaired) electrons. The summed E-state index contributed by atoms with van der Waals surface area (Å²) in [6.45, 7) is 0.357. The lowest BCUT2D eigenvalue weighted by atomic mass is 10.4. The fourth-order valence-corrected chi connectivity index (χ4v) is 1.31. The Morgan fingerprint density at radius 1 is 1.64 bits per heavy atom. The van der Waals surface area contributed by atoms with Crippen LogP contribution >= 0.6 is 11.3 Å². The first-order chi connectivity index (χ1) is 6.83. The van der Waals surface area contributed by atoms with Crippen molar-refractivity contribution >= 4 is 17.2 Å². The molecular formula is C9H11N3OS. The van der Waals surface area contributed by atoms with Crippen LogP contribution in [-0.2, 0) is 11.2 Å². The van der Waals surface area contributed by atoms with Gasteiger partial charge in [-0.2, -0.15) is 0 Å². The van der Waals surface area contributed by atoms with E-state index in [4.69, 9.17) is 5.73 Å². The van der Waals surface area contributed by atoms with Crippen molar-refractivity contribution in [3.05, 3.63) is 16.6 Å². The van der Waals surface area contributed by atoms with Crippen molar-refractivity contribution in [1.29, 1.82) is 0 Å². The third-order valence-corrected chi connectivity index (χ3v) is 2.19. The summed E-state index contributed by atoms with van der Waals surface area (Å²) in [5.41, 5.74) is 5.10. The maximum absolute atomic E-state index is 10.7. The van der Waals surface area contributed by atoms with Crippen molar-refractivity contribution in [2.75, 3.05) is 13.1 Å². The number of nitrogens with two attached hydrogens (primary N) is 1. The standard InChI is InChI=1S/C9H11N3OS/c10-7-8(13)11-4-2-1-3-9-12-5-6-14-9/h5-6H,3-4,7,10H2,(H,11,13). The van der Waals surface area contributed by atoms with Crippen LogP contribution in [0, 0.1) is 11.8 Å². The highest BCUT2D eigenvalue weighted by Crippen LogP contribution is 2.02. The van der Waals surface area contributed by atoms with Gasteiger partial charge >= 0.3 is 0 Å². The molecule has 0 spiro atoms. The molecule has 74 valence electrons. The van der Waals surface area contributed by atoms with Crippen molar-refractivity contribution in [3.63, 3.8) is 0 Å². The quantitative estimate of drug-likeness (QED) is 0.675. The zero-order chi connectivity index (χ0) is 10.2. The maximum Gasteiger partial charge on any atom is 0.234 e. The van der Waals surface area contributed by atoms with Crippen molar-refractivity contribution < 1.29 is 4.79 Å². The van der Waals surface area contributed by atoms with E-state index in [1.165, 1.54) is 0 Å². The zero-order valence-corrected chi connectivity index (χ0v) is 8.43. The average molecular weight is 209 g/mol. The zero-order valence-electron chi connectivity index (χ0n) is 7.62. The van der Waals surface area contributed by atoms with Crippen molar-refractivity contribution in [2.45, 2.75) is 6.42 Å². The Bertz CT molecular complexity index is 337. The highest BCUT2D eigenvalue weighted by atomic mass is 32.1. The summed E-state index contributed by atoms with van der Waals surface area (Å²) in [6, 6.07) is 0. The second kappa shape index (κ2) is 6.13. The first-order valence-corrected chi connectivity index (χ1v) is 5.01. The number of amides is 1. The average Bonchev–Trinajstić information content (AvgIpc) is 2.69. The molecular weight excluding hydrogens is 198 g/mol. The number of hydrogen-bond acceptors (Lipinski definition) is 4. The van der Waals surface area contributed by atoms with Gasteiger partial charge in [0.25, 0.3) is 0 Å². The lowest BCUT2D eigenvalue weighted by Crippen LogP contribution is -2.30. The third kappa shape index (κ3) is 4.03. The smallest absolute Gasteiger partial charge is 0.234 e. The lowest BCUT2D eigenvalue weighted by molar-refractivity contribution is -0.119. The second-order valence-electron chi connectivity index (χ2n) is 2.44. The monoisotopic (exact) mass is 209 g/mol. The SMILES string of the molecule is NCC(=O)NCC#CCc1nccs1. The van der Waals surface area contributed by atoms with Gasteiger partial charge in [0.2, 0.25) is 5.91 Å². The fourth-order valence-electron chi connectivity index (χ4n) is 0.756. The number of nitrogens with one attached hydrogen (secondary N) is 1. The predicted octanol–water partition coefficient (Wildman–Crippen LogP) is -0.236. The Balaban J connectivity index is 2.18. The number of nitrogens with zero attached hydrogens (tertiary/aromatic N) is 1. The molecule has 0 aliphatic heterocycles. The van der Waals surface area contributed by atoms with Crippen molar-refractivity contribution in [2.24, 2.45) is 5.73 Å². The van der Waals surface area contributed by atoms with Crippen LogP contribution in [0.2, 0.25) is 0 Å². The molecule has 1 amide bonds. The summed E-state index contributed by atoms with van der Waals surface area (Å²) in [7, 11) is 0. The second-order valence-corrected chi connectivity index (χ2v) is 3.42. The lowest BCUT2D eigenvalue weighted by Gasteiger charge is -1.94. The van der Waals surface area contributed by atoms with Crippen LogP contribution in [-0.4, -0.2) is 24.0 Å². The van der Waals surface area contributed by atoms with E-state index in [1.54, 1.807) is 17.5 Å². The van der Waals surface area contributed by atoms with Crippen LogP contribution in [0.25, 0.3) is 0 Å². The Morgan fingerprint density at radius 3 is 3.14 bits per heavy atom. The largest absolute Gasteiger partial charge is 0.344 e. The molecule has 0 aliphatic rings. The van der Waals surface area contributed by atoms with Crippen LogP contribution in [0.5, 0.6) is 0 Å².